The summed E-state index contributed by atoms with van der Waals surface area (Å²) >= 11 is 0. The number of carbonyl (C=O) groups is 1. The highest BCUT2D eigenvalue weighted by Crippen LogP contribution is 2.19. The van der Waals surface area contributed by atoms with Crippen molar-refractivity contribution in [1.29, 1.82) is 0 Å². The van der Waals surface area contributed by atoms with Gasteiger partial charge in [0.05, 0.1) is 0 Å². The molecule has 31 heavy (non-hydrogen) atoms. The number of benzene rings is 2. The van der Waals surface area contributed by atoms with Gasteiger partial charge in [-0.3, -0.25) is 4.79 Å². The molecule has 7 nitrogen and oxygen atoms in total. The Labute approximate surface area is 181 Å². The van der Waals surface area contributed by atoms with Crippen LogP contribution in [0.15, 0.2) is 73.1 Å². The van der Waals surface area contributed by atoms with E-state index >= 15 is 0 Å². The maximum atomic E-state index is 12.3. The minimum Gasteiger partial charge on any atom is -0.340 e. The van der Waals surface area contributed by atoms with Crippen molar-refractivity contribution in [3.8, 4) is 5.82 Å². The fourth-order valence-corrected chi connectivity index (χ4v) is 3.27. The molecule has 2 aromatic carbocycles. The topological polar surface area (TPSA) is 84.7 Å². The summed E-state index contributed by atoms with van der Waals surface area (Å²) in [5, 5.41) is 10.4. The number of rotatable bonds is 7. The molecule has 4 rings (SSSR count). The van der Waals surface area contributed by atoms with E-state index in [2.05, 4.69) is 44.8 Å². The van der Waals surface area contributed by atoms with Gasteiger partial charge in [-0.15, -0.1) is 0 Å². The number of nitrogens with zero attached hydrogens (tertiary/aromatic N) is 4. The van der Waals surface area contributed by atoms with E-state index in [0.29, 0.717) is 23.9 Å². The van der Waals surface area contributed by atoms with Gasteiger partial charge in [0.1, 0.15) is 11.6 Å². The molecule has 7 heteroatoms. The largest absolute Gasteiger partial charge is 0.340 e. The zero-order valence-electron chi connectivity index (χ0n) is 17.5. The van der Waals surface area contributed by atoms with Crippen molar-refractivity contribution < 1.29 is 4.79 Å². The molecule has 156 valence electrons. The number of hydrogen-bond acceptors (Lipinski definition) is 5. The van der Waals surface area contributed by atoms with Crippen LogP contribution in [-0.4, -0.2) is 25.7 Å². The second kappa shape index (κ2) is 9.21. The van der Waals surface area contributed by atoms with Gasteiger partial charge in [0.2, 0.25) is 5.91 Å². The van der Waals surface area contributed by atoms with Crippen LogP contribution in [0.4, 0.5) is 17.2 Å². The van der Waals surface area contributed by atoms with Gasteiger partial charge in [-0.1, -0.05) is 29.8 Å². The number of amides is 1. The Bertz CT molecular complexity index is 1170. The Morgan fingerprint density at radius 2 is 1.77 bits per heavy atom. The van der Waals surface area contributed by atoms with E-state index in [0.717, 1.165) is 17.8 Å². The molecular formula is C24H24N6O. The Hall–Kier alpha value is -4.00. The number of aryl methyl sites for hydroxylation is 3. The van der Waals surface area contributed by atoms with Crippen LogP contribution in [0.5, 0.6) is 0 Å². The van der Waals surface area contributed by atoms with E-state index in [1.807, 2.05) is 61.7 Å². The molecule has 0 bridgehead atoms. The summed E-state index contributed by atoms with van der Waals surface area (Å²) in [6.45, 7) is 3.90. The smallest absolute Gasteiger partial charge is 0.224 e. The first-order valence-electron chi connectivity index (χ1n) is 10.1. The van der Waals surface area contributed by atoms with Crippen molar-refractivity contribution in [2.24, 2.45) is 0 Å². The molecule has 0 saturated heterocycles. The molecule has 0 atom stereocenters. The quantitative estimate of drug-likeness (QED) is 0.464. The van der Waals surface area contributed by atoms with Gasteiger partial charge in [-0.2, -0.15) is 5.10 Å². The molecule has 0 saturated carbocycles. The number of hydrogen-bond donors (Lipinski definition) is 2. The van der Waals surface area contributed by atoms with Crippen LogP contribution in [0.25, 0.3) is 5.82 Å². The van der Waals surface area contributed by atoms with E-state index in [1.54, 1.807) is 10.9 Å². The Morgan fingerprint density at radius 3 is 2.52 bits per heavy atom. The summed E-state index contributed by atoms with van der Waals surface area (Å²) in [4.78, 5) is 21.1. The minimum atomic E-state index is -0.00231. The highest BCUT2D eigenvalue weighted by molar-refractivity contribution is 5.91. The maximum absolute atomic E-state index is 12.3. The van der Waals surface area contributed by atoms with Crippen molar-refractivity contribution >= 4 is 23.1 Å². The summed E-state index contributed by atoms with van der Waals surface area (Å²) in [7, 11) is 0. The van der Waals surface area contributed by atoms with Crippen LogP contribution in [0.2, 0.25) is 0 Å². The first-order valence-corrected chi connectivity index (χ1v) is 10.1. The Balaban J connectivity index is 1.36. The molecule has 0 spiro atoms. The lowest BCUT2D eigenvalue weighted by Gasteiger charge is -2.10. The van der Waals surface area contributed by atoms with Gasteiger partial charge in [0, 0.05) is 36.3 Å². The van der Waals surface area contributed by atoms with Crippen molar-refractivity contribution in [2.45, 2.75) is 26.7 Å². The summed E-state index contributed by atoms with van der Waals surface area (Å²) in [6, 6.07) is 19.5. The molecule has 0 fully saturated rings. The lowest BCUT2D eigenvalue weighted by atomic mass is 10.1. The number of anilines is 3. The summed E-state index contributed by atoms with van der Waals surface area (Å²) in [5.74, 6) is 2.01. The van der Waals surface area contributed by atoms with Gasteiger partial charge < -0.3 is 10.6 Å². The van der Waals surface area contributed by atoms with Crippen molar-refractivity contribution in [3.05, 3.63) is 90.0 Å². The summed E-state index contributed by atoms with van der Waals surface area (Å²) in [6.07, 6.45) is 4.71. The van der Waals surface area contributed by atoms with E-state index in [-0.39, 0.29) is 5.91 Å². The Kier molecular flexibility index (Phi) is 6.03. The highest BCUT2D eigenvalue weighted by atomic mass is 16.1. The molecule has 0 aliphatic heterocycles. The summed E-state index contributed by atoms with van der Waals surface area (Å²) in [5.41, 5.74) is 4.00. The fraction of sp³-hybridized carbons (Fsp3) is 0.167. The molecule has 0 aliphatic rings. The zero-order chi connectivity index (χ0) is 21.6. The number of nitrogens with one attached hydrogen (secondary N) is 2. The van der Waals surface area contributed by atoms with Gasteiger partial charge in [0.25, 0.3) is 0 Å². The van der Waals surface area contributed by atoms with Gasteiger partial charge in [-0.05, 0) is 56.2 Å². The predicted octanol–water partition coefficient (Wildman–Crippen LogP) is 4.59. The maximum Gasteiger partial charge on any atom is 0.224 e. The second-order valence-corrected chi connectivity index (χ2v) is 7.35. The average Bonchev–Trinajstić information content (AvgIpc) is 3.28. The van der Waals surface area contributed by atoms with Gasteiger partial charge >= 0.3 is 0 Å². The molecule has 0 unspecified atom stereocenters. The standard InChI is InChI=1S/C24H24N6O/c1-17-5-3-6-19(15-17)7-12-24(31)29-21-10-8-20(9-11-21)28-22-16-23(27-18(2)26-22)30-14-4-13-25-30/h3-6,8-11,13-16H,7,12H2,1-2H3,(H,29,31)(H,26,27,28). The molecule has 0 aliphatic carbocycles. The molecule has 2 N–H and O–H groups in total. The van der Waals surface area contributed by atoms with Crippen LogP contribution >= 0.6 is 0 Å². The lowest BCUT2D eigenvalue weighted by Crippen LogP contribution is -2.12. The number of carbonyl (C=O) groups excluding carboxylic acids is 1. The van der Waals surface area contributed by atoms with E-state index in [4.69, 9.17) is 0 Å². The van der Waals surface area contributed by atoms with Gasteiger partial charge in [-0.25, -0.2) is 14.6 Å². The van der Waals surface area contributed by atoms with Crippen molar-refractivity contribution in [2.75, 3.05) is 10.6 Å². The average molecular weight is 412 g/mol. The molecule has 0 radical (unpaired) electrons. The van der Waals surface area contributed by atoms with Crippen LogP contribution in [0.1, 0.15) is 23.4 Å². The fourth-order valence-electron chi connectivity index (χ4n) is 3.27. The van der Waals surface area contributed by atoms with E-state index in [1.165, 1.54) is 11.1 Å². The van der Waals surface area contributed by atoms with Gasteiger partial charge in [0.15, 0.2) is 5.82 Å². The molecule has 2 aromatic heterocycles. The molecule has 2 heterocycles. The van der Waals surface area contributed by atoms with Crippen molar-refractivity contribution in [1.82, 2.24) is 19.7 Å². The highest BCUT2D eigenvalue weighted by Gasteiger charge is 2.06. The van der Waals surface area contributed by atoms with E-state index in [9.17, 15) is 4.79 Å². The monoisotopic (exact) mass is 412 g/mol. The third kappa shape index (κ3) is 5.54. The van der Waals surface area contributed by atoms with Crippen LogP contribution in [-0.2, 0) is 11.2 Å². The number of aromatic nitrogens is 4. The normalized spacial score (nSPS) is 10.6. The molecule has 4 aromatic rings. The second-order valence-electron chi connectivity index (χ2n) is 7.35. The Morgan fingerprint density at radius 1 is 0.968 bits per heavy atom. The molecular weight excluding hydrogens is 388 g/mol. The molecule has 1 amide bonds. The minimum absolute atomic E-state index is 0.00231. The SMILES string of the molecule is Cc1cccc(CCC(=O)Nc2ccc(Nc3cc(-n4cccn4)nc(C)n3)cc2)c1. The lowest BCUT2D eigenvalue weighted by molar-refractivity contribution is -0.116. The van der Waals surface area contributed by atoms with E-state index < -0.39 is 0 Å². The third-order valence-corrected chi connectivity index (χ3v) is 4.73. The first-order chi connectivity index (χ1) is 15.0. The third-order valence-electron chi connectivity index (χ3n) is 4.73. The van der Waals surface area contributed by atoms with Crippen LogP contribution in [0, 0.1) is 13.8 Å². The predicted molar refractivity (Wildman–Crippen MR) is 122 cm³/mol. The van der Waals surface area contributed by atoms with Crippen LogP contribution in [0.3, 0.4) is 0 Å². The van der Waals surface area contributed by atoms with Crippen LogP contribution < -0.4 is 10.6 Å². The summed E-state index contributed by atoms with van der Waals surface area (Å²) < 4.78 is 1.69. The zero-order valence-corrected chi connectivity index (χ0v) is 17.5. The first kappa shape index (κ1) is 20.3. The van der Waals surface area contributed by atoms with Crippen molar-refractivity contribution in [3.63, 3.8) is 0 Å².